The molecule has 0 fully saturated rings. The van der Waals surface area contributed by atoms with Crippen molar-refractivity contribution in [1.29, 1.82) is 0 Å². The highest BCUT2D eigenvalue weighted by molar-refractivity contribution is 8.26. The van der Waals surface area contributed by atoms with Crippen molar-refractivity contribution in [2.45, 2.75) is 23.8 Å². The molecule has 170 valence electrons. The third-order valence-corrected chi connectivity index (χ3v) is 9.27. The molecule has 0 amide bonds. The smallest absolute Gasteiger partial charge is 0.335 e. The molecule has 6 nitrogen and oxygen atoms in total. The minimum Gasteiger partial charge on any atom is -0.478 e. The average Bonchev–Trinajstić information content (AvgIpc) is 3.00. The lowest BCUT2D eigenvalue weighted by Crippen LogP contribution is -2.36. The van der Waals surface area contributed by atoms with Crippen molar-refractivity contribution in [2.24, 2.45) is 4.40 Å². The van der Waals surface area contributed by atoms with Gasteiger partial charge >= 0.3 is 5.97 Å². The molecule has 1 aliphatic heterocycles. The van der Waals surface area contributed by atoms with Crippen molar-refractivity contribution in [2.75, 3.05) is 5.32 Å². The van der Waals surface area contributed by atoms with Gasteiger partial charge in [0.15, 0.2) is 9.25 Å². The molecule has 33 heavy (non-hydrogen) atoms. The van der Waals surface area contributed by atoms with Gasteiger partial charge in [-0.05, 0) is 54.4 Å². The minimum atomic E-state index is -3.89. The molecule has 4 rings (SSSR count). The summed E-state index contributed by atoms with van der Waals surface area (Å²) < 4.78 is 29.7. The zero-order chi connectivity index (χ0) is 23.6. The third-order valence-electron chi connectivity index (χ3n) is 5.32. The van der Waals surface area contributed by atoms with Gasteiger partial charge in [-0.1, -0.05) is 65.3 Å². The summed E-state index contributed by atoms with van der Waals surface area (Å²) >= 11 is 7.18. The first-order valence-corrected chi connectivity index (χ1v) is 12.7. The van der Waals surface area contributed by atoms with E-state index >= 15 is 0 Å². The summed E-state index contributed by atoms with van der Waals surface area (Å²) in [5, 5.41) is 12.9. The number of hydrogen-bond donors (Lipinski definition) is 2. The van der Waals surface area contributed by atoms with Gasteiger partial charge in [0.1, 0.15) is 0 Å². The van der Waals surface area contributed by atoms with Crippen LogP contribution in [0, 0.1) is 6.92 Å². The van der Waals surface area contributed by atoms with E-state index in [0.29, 0.717) is 10.7 Å². The van der Waals surface area contributed by atoms with E-state index in [1.54, 1.807) is 24.3 Å². The molecule has 0 saturated heterocycles. The van der Waals surface area contributed by atoms with E-state index in [9.17, 15) is 13.2 Å². The van der Waals surface area contributed by atoms with Crippen molar-refractivity contribution >= 4 is 50.2 Å². The number of amidine groups is 1. The summed E-state index contributed by atoms with van der Waals surface area (Å²) in [6, 6.07) is 21.0. The van der Waals surface area contributed by atoms with Crippen molar-refractivity contribution in [3.8, 4) is 0 Å². The summed E-state index contributed by atoms with van der Waals surface area (Å²) in [4.78, 5) is 11.1. The molecular formula is C24H21ClN2O4S2. The summed E-state index contributed by atoms with van der Waals surface area (Å²) in [6.45, 7) is 1.98. The number of halogens is 1. The first kappa shape index (κ1) is 23.4. The molecule has 2 N–H and O–H groups in total. The normalized spacial score (nSPS) is 19.2. The van der Waals surface area contributed by atoms with Gasteiger partial charge < -0.3 is 10.4 Å². The van der Waals surface area contributed by atoms with E-state index in [-0.39, 0.29) is 23.6 Å². The molecule has 0 aromatic heterocycles. The maximum Gasteiger partial charge on any atom is 0.335 e. The van der Waals surface area contributed by atoms with Gasteiger partial charge in [-0.3, -0.25) is 0 Å². The summed E-state index contributed by atoms with van der Waals surface area (Å²) in [5.74, 6) is -1.03. The van der Waals surface area contributed by atoms with Crippen LogP contribution in [0.2, 0.25) is 5.02 Å². The van der Waals surface area contributed by atoms with Crippen molar-refractivity contribution < 1.29 is 18.3 Å². The summed E-state index contributed by atoms with van der Waals surface area (Å²) in [6.07, 6.45) is 0.521. The van der Waals surface area contributed by atoms with Gasteiger partial charge in [0.05, 0.1) is 5.56 Å². The zero-order valence-electron chi connectivity index (χ0n) is 17.7. The molecular weight excluding hydrogens is 480 g/mol. The lowest BCUT2D eigenvalue weighted by Gasteiger charge is -2.26. The second-order valence-electron chi connectivity index (χ2n) is 7.86. The van der Waals surface area contributed by atoms with Gasteiger partial charge in [-0.2, -0.15) is 0 Å². The molecule has 1 unspecified atom stereocenters. The number of carbonyl (C=O) groups is 1. The van der Waals surface area contributed by atoms with E-state index in [1.807, 2.05) is 43.3 Å². The Morgan fingerprint density at radius 2 is 1.52 bits per heavy atom. The fourth-order valence-corrected chi connectivity index (χ4v) is 7.02. The molecule has 0 radical (unpaired) electrons. The van der Waals surface area contributed by atoms with Crippen LogP contribution in [0.25, 0.3) is 0 Å². The maximum atomic E-state index is 13.4. The zero-order valence-corrected chi connectivity index (χ0v) is 20.0. The third kappa shape index (κ3) is 5.24. The Hall–Kier alpha value is -2.81. The first-order chi connectivity index (χ1) is 15.7. The lowest BCUT2D eigenvalue weighted by atomic mass is 10.0. The number of hydrogen-bond acceptors (Lipinski definition) is 5. The second-order valence-corrected chi connectivity index (χ2v) is 11.8. The molecule has 3 aromatic rings. The molecule has 0 bridgehead atoms. The van der Waals surface area contributed by atoms with E-state index in [1.165, 1.54) is 23.9 Å². The number of thioether (sulfide) groups is 1. The van der Waals surface area contributed by atoms with Crippen molar-refractivity contribution in [3.63, 3.8) is 0 Å². The van der Waals surface area contributed by atoms with Crippen LogP contribution in [0.3, 0.4) is 0 Å². The van der Waals surface area contributed by atoms with Crippen LogP contribution in [-0.2, 0) is 22.9 Å². The number of rotatable bonds is 6. The summed E-state index contributed by atoms with van der Waals surface area (Å²) in [5.41, 5.74) is 3.53. The standard InChI is InChI=1S/C24H21ClN2O4S2/c1-16-2-4-17(5-3-16)14-24(15-18-6-10-20(25)11-7-18)32-23(27-33(24,30)31)26-21-12-8-19(9-13-21)22(28)29/h2-13H,14-15H2,1H3,(H,26,27)(H,28,29). The Morgan fingerprint density at radius 3 is 2.06 bits per heavy atom. The van der Waals surface area contributed by atoms with Crippen LogP contribution < -0.4 is 5.32 Å². The molecule has 0 saturated carbocycles. The Morgan fingerprint density at radius 1 is 0.970 bits per heavy atom. The fraction of sp³-hybridized carbons (Fsp3) is 0.167. The Balaban J connectivity index is 1.65. The predicted octanol–water partition coefficient (Wildman–Crippen LogP) is 5.37. The number of carboxylic acids is 1. The van der Waals surface area contributed by atoms with E-state index < -0.39 is 20.1 Å². The molecule has 0 aliphatic carbocycles. The van der Waals surface area contributed by atoms with Crippen LogP contribution in [-0.4, -0.2) is 28.7 Å². The largest absolute Gasteiger partial charge is 0.478 e. The second kappa shape index (κ2) is 9.21. The molecule has 9 heteroatoms. The number of benzene rings is 3. The quantitative estimate of drug-likeness (QED) is 0.472. The van der Waals surface area contributed by atoms with E-state index in [2.05, 4.69) is 9.71 Å². The lowest BCUT2D eigenvalue weighted by molar-refractivity contribution is 0.0697. The van der Waals surface area contributed by atoms with Crippen LogP contribution >= 0.6 is 23.4 Å². The van der Waals surface area contributed by atoms with Crippen molar-refractivity contribution in [1.82, 2.24) is 0 Å². The van der Waals surface area contributed by atoms with Gasteiger partial charge in [0.25, 0.3) is 10.0 Å². The number of anilines is 1. The average molecular weight is 501 g/mol. The molecule has 1 atom stereocenters. The number of carboxylic acid groups (broad SMARTS) is 1. The minimum absolute atomic E-state index is 0.144. The van der Waals surface area contributed by atoms with Crippen LogP contribution in [0.15, 0.2) is 77.2 Å². The number of nitrogens with one attached hydrogen (secondary N) is 1. The summed E-state index contributed by atoms with van der Waals surface area (Å²) in [7, 11) is -3.89. The van der Waals surface area contributed by atoms with E-state index in [4.69, 9.17) is 16.7 Å². The van der Waals surface area contributed by atoms with E-state index in [0.717, 1.165) is 16.7 Å². The number of aromatic carboxylic acids is 1. The van der Waals surface area contributed by atoms with Gasteiger partial charge in [-0.15, -0.1) is 4.40 Å². The SMILES string of the molecule is Cc1ccc(CC2(Cc3ccc(Cl)cc3)SC(Nc3ccc(C(=O)O)cc3)=NS2(=O)=O)cc1. The van der Waals surface area contributed by atoms with Crippen molar-refractivity contribution in [3.05, 3.63) is 100 Å². The Bertz CT molecular complexity index is 1260. The van der Waals surface area contributed by atoms with Crippen LogP contribution in [0.4, 0.5) is 5.69 Å². The van der Waals surface area contributed by atoms with Gasteiger partial charge in [-0.25, -0.2) is 13.2 Å². The van der Waals surface area contributed by atoms with Crippen LogP contribution in [0.5, 0.6) is 0 Å². The molecule has 1 aliphatic rings. The number of aryl methyl sites for hydroxylation is 1. The van der Waals surface area contributed by atoms with Gasteiger partial charge in [0, 0.05) is 23.6 Å². The number of nitrogens with zero attached hydrogens (tertiary/aromatic N) is 1. The predicted molar refractivity (Wildman–Crippen MR) is 134 cm³/mol. The number of sulfonamides is 1. The molecule has 3 aromatic carbocycles. The highest BCUT2D eigenvalue weighted by Crippen LogP contribution is 2.45. The Labute approximate surface area is 201 Å². The molecule has 0 spiro atoms. The maximum absolute atomic E-state index is 13.4. The van der Waals surface area contributed by atoms with Crippen LogP contribution in [0.1, 0.15) is 27.0 Å². The highest BCUT2D eigenvalue weighted by atomic mass is 35.5. The topological polar surface area (TPSA) is 95.8 Å². The fourth-order valence-electron chi connectivity index (χ4n) is 3.56. The Kier molecular flexibility index (Phi) is 6.52. The first-order valence-electron chi connectivity index (χ1n) is 10.1. The highest BCUT2D eigenvalue weighted by Gasteiger charge is 2.51. The van der Waals surface area contributed by atoms with Gasteiger partial charge in [0.2, 0.25) is 0 Å². The molecule has 1 heterocycles. The monoisotopic (exact) mass is 500 g/mol.